The van der Waals surface area contributed by atoms with E-state index in [9.17, 15) is 9.59 Å². The summed E-state index contributed by atoms with van der Waals surface area (Å²) in [6, 6.07) is 2.64. The van der Waals surface area contributed by atoms with E-state index < -0.39 is 11.9 Å². The summed E-state index contributed by atoms with van der Waals surface area (Å²) in [6.45, 7) is 5.60. The van der Waals surface area contributed by atoms with Crippen molar-refractivity contribution in [1.29, 1.82) is 0 Å². The fraction of sp³-hybridized carbons (Fsp3) is 0.400. The van der Waals surface area contributed by atoms with Crippen molar-refractivity contribution in [2.45, 2.75) is 32.9 Å². The van der Waals surface area contributed by atoms with E-state index in [0.717, 1.165) is 0 Å². The smallest absolute Gasteiger partial charge is 0.270 e. The Morgan fingerprint density at radius 2 is 2.00 bits per heavy atom. The first-order chi connectivity index (χ1) is 9.93. The lowest BCUT2D eigenvalue weighted by Gasteiger charge is -2.15. The molecule has 1 unspecified atom stereocenters. The maximum Gasteiger partial charge on any atom is 0.270 e. The third-order valence-electron chi connectivity index (χ3n) is 2.50. The van der Waals surface area contributed by atoms with E-state index in [1.165, 1.54) is 6.20 Å². The van der Waals surface area contributed by atoms with Crippen LogP contribution in [0.15, 0.2) is 18.3 Å². The number of hydrogen-bond donors (Lipinski definition) is 3. The average molecular weight is 288 g/mol. The van der Waals surface area contributed by atoms with Gasteiger partial charge in [0.1, 0.15) is 11.7 Å². The number of nitrogens with one attached hydrogen (secondary N) is 2. The Morgan fingerprint density at radius 3 is 2.52 bits per heavy atom. The predicted octanol–water partition coefficient (Wildman–Crippen LogP) is 0.0347. The van der Waals surface area contributed by atoms with Crippen molar-refractivity contribution in [2.24, 2.45) is 5.73 Å². The molecular weight excluding hydrogens is 268 g/mol. The van der Waals surface area contributed by atoms with Crippen molar-refractivity contribution in [1.82, 2.24) is 15.6 Å². The topological polar surface area (TPSA) is 97.1 Å². The van der Waals surface area contributed by atoms with Gasteiger partial charge in [-0.15, -0.1) is 0 Å². The van der Waals surface area contributed by atoms with Crippen LogP contribution in [0.3, 0.4) is 0 Å². The zero-order chi connectivity index (χ0) is 15.8. The van der Waals surface area contributed by atoms with Crippen LogP contribution >= 0.6 is 0 Å². The third-order valence-corrected chi connectivity index (χ3v) is 2.50. The molecule has 0 aliphatic rings. The second kappa shape index (κ2) is 8.02. The van der Waals surface area contributed by atoms with Crippen molar-refractivity contribution in [3.05, 3.63) is 29.6 Å². The van der Waals surface area contributed by atoms with Gasteiger partial charge in [0.05, 0.1) is 6.54 Å². The number of carbonyl (C=O) groups excluding carboxylic acids is 2. The molecule has 0 saturated heterocycles. The molecule has 0 aromatic carbocycles. The highest BCUT2D eigenvalue weighted by molar-refractivity contribution is 5.96. The quantitative estimate of drug-likeness (QED) is 0.681. The van der Waals surface area contributed by atoms with Crippen molar-refractivity contribution in [2.75, 3.05) is 6.54 Å². The molecule has 0 saturated carbocycles. The molecule has 0 spiro atoms. The van der Waals surface area contributed by atoms with Crippen LogP contribution in [0, 0.1) is 11.8 Å². The van der Waals surface area contributed by atoms with E-state index in [4.69, 9.17) is 5.73 Å². The Bertz CT molecular complexity index is 555. The van der Waals surface area contributed by atoms with Gasteiger partial charge in [-0.1, -0.05) is 11.8 Å². The molecule has 0 radical (unpaired) electrons. The largest absolute Gasteiger partial charge is 0.352 e. The highest BCUT2D eigenvalue weighted by atomic mass is 16.2. The number of pyridine rings is 1. The lowest BCUT2D eigenvalue weighted by Crippen LogP contribution is -2.46. The Balaban J connectivity index is 2.65. The van der Waals surface area contributed by atoms with Crippen molar-refractivity contribution >= 4 is 11.8 Å². The van der Waals surface area contributed by atoms with Crippen LogP contribution in [0.25, 0.3) is 0 Å². The molecule has 0 aliphatic heterocycles. The first-order valence-corrected chi connectivity index (χ1v) is 6.70. The number of amides is 2. The summed E-state index contributed by atoms with van der Waals surface area (Å²) in [5, 5.41) is 5.32. The monoisotopic (exact) mass is 288 g/mol. The van der Waals surface area contributed by atoms with Gasteiger partial charge in [-0.3, -0.25) is 9.59 Å². The van der Waals surface area contributed by atoms with Gasteiger partial charge in [0.25, 0.3) is 5.91 Å². The number of nitrogens with two attached hydrogens (primary N) is 1. The summed E-state index contributed by atoms with van der Waals surface area (Å²) in [4.78, 5) is 27.7. The van der Waals surface area contributed by atoms with E-state index in [0.29, 0.717) is 5.56 Å². The van der Waals surface area contributed by atoms with E-state index >= 15 is 0 Å². The Kier molecular flexibility index (Phi) is 6.37. The first kappa shape index (κ1) is 16.7. The Labute approximate surface area is 124 Å². The van der Waals surface area contributed by atoms with Gasteiger partial charge in [0.2, 0.25) is 5.91 Å². The minimum absolute atomic E-state index is 0.0235. The molecule has 1 heterocycles. The first-order valence-electron chi connectivity index (χ1n) is 6.70. The predicted molar refractivity (Wildman–Crippen MR) is 80.4 cm³/mol. The molecule has 0 aliphatic carbocycles. The Hall–Kier alpha value is -2.39. The summed E-state index contributed by atoms with van der Waals surface area (Å²) >= 11 is 0. The van der Waals surface area contributed by atoms with Crippen LogP contribution in [0.1, 0.15) is 36.8 Å². The third kappa shape index (κ3) is 5.63. The average Bonchev–Trinajstić information content (AvgIpc) is 2.44. The lowest BCUT2D eigenvalue weighted by molar-refractivity contribution is -0.123. The van der Waals surface area contributed by atoms with Crippen LogP contribution in [0.5, 0.6) is 0 Å². The highest BCUT2D eigenvalue weighted by Crippen LogP contribution is 1.99. The molecule has 0 fully saturated rings. The van der Waals surface area contributed by atoms with Gasteiger partial charge in [-0.05, 0) is 32.9 Å². The molecule has 2 amide bonds. The molecule has 1 atom stereocenters. The molecule has 4 N–H and O–H groups in total. The maximum atomic E-state index is 12.0. The minimum Gasteiger partial charge on any atom is -0.352 e. The summed E-state index contributed by atoms with van der Waals surface area (Å²) < 4.78 is 0. The fourth-order valence-corrected chi connectivity index (χ4v) is 1.50. The normalized spacial score (nSPS) is 11.3. The van der Waals surface area contributed by atoms with Crippen LogP contribution in [-0.4, -0.2) is 35.4 Å². The number of nitrogens with zero attached hydrogens (tertiary/aromatic N) is 1. The van der Waals surface area contributed by atoms with Gasteiger partial charge >= 0.3 is 0 Å². The molecule has 6 nitrogen and oxygen atoms in total. The number of rotatable bonds is 4. The number of carbonyl (C=O) groups is 2. The van der Waals surface area contributed by atoms with Gasteiger partial charge in [-0.25, -0.2) is 4.98 Å². The van der Waals surface area contributed by atoms with Crippen molar-refractivity contribution in [3.63, 3.8) is 0 Å². The molecule has 1 aromatic rings. The van der Waals surface area contributed by atoms with Crippen LogP contribution < -0.4 is 16.4 Å². The van der Waals surface area contributed by atoms with Crippen molar-refractivity contribution in [3.8, 4) is 11.8 Å². The summed E-state index contributed by atoms with van der Waals surface area (Å²) in [5.41, 5.74) is 6.19. The lowest BCUT2D eigenvalue weighted by atomic mass is 10.2. The van der Waals surface area contributed by atoms with E-state index in [1.54, 1.807) is 19.1 Å². The summed E-state index contributed by atoms with van der Waals surface area (Å²) in [7, 11) is 0. The Morgan fingerprint density at radius 1 is 1.29 bits per heavy atom. The van der Waals surface area contributed by atoms with Crippen LogP contribution in [0.2, 0.25) is 0 Å². The van der Waals surface area contributed by atoms with Crippen molar-refractivity contribution < 1.29 is 9.59 Å². The highest BCUT2D eigenvalue weighted by Gasteiger charge is 2.17. The number of hydrogen-bond acceptors (Lipinski definition) is 4. The molecule has 1 aromatic heterocycles. The number of aromatic nitrogens is 1. The SMILES string of the molecule is CC(C)NC(=O)C(C)NC(=O)c1ccc(C#CCN)cn1. The molecular formula is C15H20N4O2. The van der Waals surface area contributed by atoms with Gasteiger partial charge < -0.3 is 16.4 Å². The van der Waals surface area contributed by atoms with Crippen LogP contribution in [0.4, 0.5) is 0 Å². The van der Waals surface area contributed by atoms with E-state index in [2.05, 4.69) is 27.5 Å². The molecule has 0 bridgehead atoms. The molecule has 6 heteroatoms. The summed E-state index contributed by atoms with van der Waals surface area (Å²) in [5.74, 6) is 4.88. The fourth-order valence-electron chi connectivity index (χ4n) is 1.50. The summed E-state index contributed by atoms with van der Waals surface area (Å²) in [6.07, 6.45) is 1.50. The standard InChI is InChI=1S/C15H20N4O2/c1-10(2)18-14(20)11(3)19-15(21)13-7-6-12(9-17-13)5-4-8-16/h6-7,9-11H,8,16H2,1-3H3,(H,18,20)(H,19,21). The second-order valence-corrected chi connectivity index (χ2v) is 4.80. The maximum absolute atomic E-state index is 12.0. The van der Waals surface area contributed by atoms with E-state index in [-0.39, 0.29) is 24.2 Å². The zero-order valence-corrected chi connectivity index (χ0v) is 12.4. The molecule has 1 rings (SSSR count). The second-order valence-electron chi connectivity index (χ2n) is 4.80. The van der Waals surface area contributed by atoms with Gasteiger partial charge in [0, 0.05) is 17.8 Å². The molecule has 112 valence electrons. The van der Waals surface area contributed by atoms with Crippen LogP contribution in [-0.2, 0) is 4.79 Å². The zero-order valence-electron chi connectivity index (χ0n) is 12.4. The molecule has 21 heavy (non-hydrogen) atoms. The van der Waals surface area contributed by atoms with Gasteiger partial charge in [0.15, 0.2) is 0 Å². The minimum atomic E-state index is -0.626. The van der Waals surface area contributed by atoms with E-state index in [1.807, 2.05) is 13.8 Å². The van der Waals surface area contributed by atoms with Gasteiger partial charge in [-0.2, -0.15) is 0 Å².